The summed E-state index contributed by atoms with van der Waals surface area (Å²) in [5, 5.41) is 16.4. The van der Waals surface area contributed by atoms with Crippen LogP contribution in [0.3, 0.4) is 0 Å². The maximum atomic E-state index is 13.8. The van der Waals surface area contributed by atoms with Crippen molar-refractivity contribution in [1.82, 2.24) is 24.5 Å². The first-order valence-corrected chi connectivity index (χ1v) is 14.1. The first-order chi connectivity index (χ1) is 21.8. The van der Waals surface area contributed by atoms with Gasteiger partial charge >= 0.3 is 18.3 Å². The molecule has 0 bridgehead atoms. The van der Waals surface area contributed by atoms with E-state index in [9.17, 15) is 36.2 Å². The lowest BCUT2D eigenvalue weighted by Crippen LogP contribution is -2.18. The topological polar surface area (TPSA) is 95.1 Å². The third kappa shape index (κ3) is 7.38. The number of hydrogen-bond acceptors (Lipinski definition) is 5. The Morgan fingerprint density at radius 3 is 2.37 bits per heavy atom. The van der Waals surface area contributed by atoms with Gasteiger partial charge < -0.3 is 9.84 Å². The molecule has 5 aromatic rings. The molecule has 0 spiro atoms. The van der Waals surface area contributed by atoms with Crippen LogP contribution in [0.25, 0.3) is 17.1 Å². The number of benzene rings is 2. The van der Waals surface area contributed by atoms with Crippen molar-refractivity contribution >= 4 is 5.97 Å². The van der Waals surface area contributed by atoms with Crippen LogP contribution in [-0.2, 0) is 31.7 Å². The number of ether oxygens (including phenoxy) is 1. The summed E-state index contributed by atoms with van der Waals surface area (Å²) in [7, 11) is 0. The summed E-state index contributed by atoms with van der Waals surface area (Å²) >= 11 is 0. The van der Waals surface area contributed by atoms with Crippen LogP contribution >= 0.6 is 0 Å². The van der Waals surface area contributed by atoms with Crippen molar-refractivity contribution in [3.63, 3.8) is 0 Å². The maximum absolute atomic E-state index is 13.8. The lowest BCUT2D eigenvalue weighted by atomic mass is 9.96. The van der Waals surface area contributed by atoms with Gasteiger partial charge in [-0.15, -0.1) is 0 Å². The van der Waals surface area contributed by atoms with E-state index in [2.05, 4.69) is 15.2 Å². The van der Waals surface area contributed by atoms with Crippen LogP contribution in [0.2, 0.25) is 0 Å². The third-order valence-electron chi connectivity index (χ3n) is 7.22. The van der Waals surface area contributed by atoms with Crippen LogP contribution in [0, 0.1) is 6.92 Å². The SMILES string of the molecule is Cc1cc(OCCCn2ccc(C(F)(F)F)n2)ccc1CCc1ccccc1-c1cccc(-n2ncc(C(=O)O)c2C(F)(F)F)n1. The van der Waals surface area contributed by atoms with Gasteiger partial charge in [0.1, 0.15) is 11.3 Å². The maximum Gasteiger partial charge on any atom is 0.435 e. The van der Waals surface area contributed by atoms with E-state index in [-0.39, 0.29) is 12.4 Å². The highest BCUT2D eigenvalue weighted by Gasteiger charge is 2.41. The largest absolute Gasteiger partial charge is 0.494 e. The number of aromatic nitrogens is 5. The van der Waals surface area contributed by atoms with Crippen LogP contribution in [0.4, 0.5) is 26.3 Å². The highest BCUT2D eigenvalue weighted by molar-refractivity contribution is 5.89. The number of carboxylic acid groups (broad SMARTS) is 1. The van der Waals surface area contributed by atoms with Gasteiger partial charge in [-0.05, 0) is 66.8 Å². The smallest absolute Gasteiger partial charge is 0.435 e. The second-order valence-electron chi connectivity index (χ2n) is 10.4. The van der Waals surface area contributed by atoms with Crippen molar-refractivity contribution in [2.45, 2.75) is 45.1 Å². The standard InChI is InChI=1S/C32H27F6N5O3/c1-20-18-23(46-17-5-15-42-16-14-27(41-42)31(33,34)35)13-12-21(20)10-11-22-6-2-3-7-24(22)26-8-4-9-28(40-26)43-29(32(36,37)38)25(19-39-43)30(44)45/h2-4,6-9,12-14,16,18-19H,5,10-11,15,17H2,1H3,(H,44,45). The molecule has 0 amide bonds. The van der Waals surface area contributed by atoms with E-state index in [1.807, 2.05) is 43.3 Å². The minimum absolute atomic E-state index is 0.172. The third-order valence-corrected chi connectivity index (χ3v) is 7.22. The molecule has 1 N–H and O–H groups in total. The number of rotatable bonds is 11. The molecule has 46 heavy (non-hydrogen) atoms. The highest BCUT2D eigenvalue weighted by Crippen LogP contribution is 2.34. The number of pyridine rings is 1. The Morgan fingerprint density at radius 1 is 0.913 bits per heavy atom. The summed E-state index contributed by atoms with van der Waals surface area (Å²) < 4.78 is 87.0. The summed E-state index contributed by atoms with van der Waals surface area (Å²) in [5.74, 6) is -1.29. The normalized spacial score (nSPS) is 12.0. The second-order valence-corrected chi connectivity index (χ2v) is 10.4. The lowest BCUT2D eigenvalue weighted by Gasteiger charge is -2.14. The molecule has 14 heteroatoms. The summed E-state index contributed by atoms with van der Waals surface area (Å²) in [6.45, 7) is 2.51. The zero-order valence-corrected chi connectivity index (χ0v) is 24.3. The molecule has 0 atom stereocenters. The molecule has 240 valence electrons. The van der Waals surface area contributed by atoms with E-state index in [0.717, 1.165) is 22.8 Å². The average molecular weight is 644 g/mol. The van der Waals surface area contributed by atoms with Crippen molar-refractivity contribution in [2.75, 3.05) is 6.61 Å². The van der Waals surface area contributed by atoms with Gasteiger partial charge in [0.05, 0.1) is 18.5 Å². The molecule has 0 fully saturated rings. The monoisotopic (exact) mass is 643 g/mol. The highest BCUT2D eigenvalue weighted by atomic mass is 19.4. The van der Waals surface area contributed by atoms with Crippen molar-refractivity contribution < 1.29 is 41.0 Å². The molecular formula is C32H27F6N5O3. The van der Waals surface area contributed by atoms with Crippen LogP contribution in [0.15, 0.2) is 79.1 Å². The zero-order valence-electron chi connectivity index (χ0n) is 24.3. The molecule has 0 saturated carbocycles. The summed E-state index contributed by atoms with van der Waals surface area (Å²) in [6.07, 6.45) is -5.82. The van der Waals surface area contributed by atoms with Gasteiger partial charge in [0.2, 0.25) is 0 Å². The summed E-state index contributed by atoms with van der Waals surface area (Å²) in [5.41, 5.74) is 0.720. The van der Waals surface area contributed by atoms with Crippen LogP contribution in [-0.4, -0.2) is 42.2 Å². The summed E-state index contributed by atoms with van der Waals surface area (Å²) in [4.78, 5) is 15.8. The number of halogens is 6. The minimum atomic E-state index is -4.97. The van der Waals surface area contributed by atoms with Gasteiger partial charge in [0.15, 0.2) is 17.2 Å². The molecule has 8 nitrogen and oxygen atoms in total. The van der Waals surface area contributed by atoms with Crippen LogP contribution in [0.1, 0.15) is 44.9 Å². The predicted molar refractivity (Wildman–Crippen MR) is 155 cm³/mol. The first-order valence-electron chi connectivity index (χ1n) is 14.1. The molecule has 5 rings (SSSR count). The fourth-order valence-corrected chi connectivity index (χ4v) is 4.99. The summed E-state index contributed by atoms with van der Waals surface area (Å²) in [6, 6.07) is 18.5. The number of hydrogen-bond donors (Lipinski definition) is 1. The number of nitrogens with zero attached hydrogens (tertiary/aromatic N) is 5. The number of aromatic carboxylic acids is 1. The second kappa shape index (κ2) is 13.1. The zero-order chi connectivity index (χ0) is 33.1. The van der Waals surface area contributed by atoms with Crippen molar-refractivity contribution in [3.8, 4) is 22.8 Å². The predicted octanol–water partition coefficient (Wildman–Crippen LogP) is 7.43. The van der Waals surface area contributed by atoms with Gasteiger partial charge in [0, 0.05) is 24.7 Å². The number of aryl methyl sites for hydroxylation is 4. The van der Waals surface area contributed by atoms with E-state index in [1.165, 1.54) is 23.0 Å². The first kappa shape index (κ1) is 32.3. The van der Waals surface area contributed by atoms with E-state index in [4.69, 9.17) is 4.74 Å². The van der Waals surface area contributed by atoms with Crippen LogP contribution in [0.5, 0.6) is 5.75 Å². The molecule has 3 heterocycles. The molecule has 0 unspecified atom stereocenters. The lowest BCUT2D eigenvalue weighted by molar-refractivity contribution is -0.143. The molecular weight excluding hydrogens is 616 g/mol. The molecule has 0 radical (unpaired) electrons. The Morgan fingerprint density at radius 2 is 1.67 bits per heavy atom. The molecule has 0 aliphatic carbocycles. The molecule has 2 aromatic carbocycles. The fraction of sp³-hybridized carbons (Fsp3) is 0.250. The fourth-order valence-electron chi connectivity index (χ4n) is 4.99. The number of alkyl halides is 6. The van der Waals surface area contributed by atoms with Gasteiger partial charge in [0.25, 0.3) is 0 Å². The molecule has 0 saturated heterocycles. The Kier molecular flexibility index (Phi) is 9.17. The quantitative estimate of drug-likeness (QED) is 0.119. The number of carbonyl (C=O) groups is 1. The molecule has 0 aliphatic heterocycles. The molecule has 0 aliphatic rings. The van der Waals surface area contributed by atoms with E-state index >= 15 is 0 Å². The van der Waals surface area contributed by atoms with Gasteiger partial charge in [-0.1, -0.05) is 36.4 Å². The average Bonchev–Trinajstić information content (AvgIpc) is 3.68. The van der Waals surface area contributed by atoms with Gasteiger partial charge in [-0.25, -0.2) is 14.5 Å². The van der Waals surface area contributed by atoms with Gasteiger partial charge in [-0.3, -0.25) is 4.68 Å². The van der Waals surface area contributed by atoms with Crippen molar-refractivity contribution in [3.05, 3.63) is 113 Å². The van der Waals surface area contributed by atoms with E-state index in [1.54, 1.807) is 12.1 Å². The van der Waals surface area contributed by atoms with E-state index in [0.29, 0.717) is 53.8 Å². The Balaban J connectivity index is 1.25. The van der Waals surface area contributed by atoms with Crippen LogP contribution < -0.4 is 4.74 Å². The van der Waals surface area contributed by atoms with Gasteiger partial charge in [-0.2, -0.15) is 36.5 Å². The Labute approximate surface area is 258 Å². The van der Waals surface area contributed by atoms with E-state index < -0.39 is 35.3 Å². The van der Waals surface area contributed by atoms with Crippen molar-refractivity contribution in [1.29, 1.82) is 0 Å². The molecule has 3 aromatic heterocycles. The minimum Gasteiger partial charge on any atom is -0.494 e. The Hall–Kier alpha value is -5.14. The number of carboxylic acids is 1. The van der Waals surface area contributed by atoms with Crippen molar-refractivity contribution in [2.24, 2.45) is 0 Å². The Bertz CT molecular complexity index is 1840.